The fraction of sp³-hybridized carbons (Fsp3) is 0.300. The Morgan fingerprint density at radius 3 is 2.15 bits per heavy atom. The summed E-state index contributed by atoms with van der Waals surface area (Å²) in [5.41, 5.74) is 1.47. The van der Waals surface area contributed by atoms with E-state index in [2.05, 4.69) is 16.0 Å². The molecule has 0 aliphatic carbocycles. The summed E-state index contributed by atoms with van der Waals surface area (Å²) in [6.45, 7) is 6.49. The van der Waals surface area contributed by atoms with Crippen molar-refractivity contribution in [3.63, 3.8) is 0 Å². The predicted molar refractivity (Wildman–Crippen MR) is 156 cm³/mol. The van der Waals surface area contributed by atoms with E-state index in [1.807, 2.05) is 32.9 Å². The average Bonchev–Trinajstić information content (AvgIpc) is 3.14. The minimum absolute atomic E-state index is 0.0827. The molecular formula is C30H33ClN4O5. The lowest BCUT2D eigenvalue weighted by atomic mass is 9.87. The van der Waals surface area contributed by atoms with E-state index in [1.54, 1.807) is 60.7 Å². The number of anilines is 3. The molecule has 0 unspecified atom stereocenters. The van der Waals surface area contributed by atoms with Crippen LogP contribution in [0.4, 0.5) is 21.9 Å². The van der Waals surface area contributed by atoms with Crippen molar-refractivity contribution in [2.24, 2.45) is 0 Å². The second-order valence-electron chi connectivity index (χ2n) is 9.36. The van der Waals surface area contributed by atoms with Crippen LogP contribution in [-0.2, 0) is 24.6 Å². The van der Waals surface area contributed by atoms with E-state index in [-0.39, 0.29) is 13.0 Å². The molecule has 0 bridgehead atoms. The number of hydrogen-bond donors (Lipinski definition) is 3. The Kier molecular flexibility index (Phi) is 9.42. The smallest absolute Gasteiger partial charge is 0.320 e. The van der Waals surface area contributed by atoms with Gasteiger partial charge in [0.1, 0.15) is 0 Å². The van der Waals surface area contributed by atoms with Crippen LogP contribution in [0.25, 0.3) is 0 Å². The number of rotatable bonds is 11. The van der Waals surface area contributed by atoms with E-state index in [9.17, 15) is 14.4 Å². The van der Waals surface area contributed by atoms with Crippen LogP contribution in [0.15, 0.2) is 72.8 Å². The number of aryl methyl sites for hydroxylation is 1. The Labute approximate surface area is 238 Å². The maximum Gasteiger partial charge on any atom is 0.320 e. The van der Waals surface area contributed by atoms with Crippen molar-refractivity contribution < 1.29 is 23.9 Å². The number of fused-ring (bicyclic) bond motifs is 1. The quantitative estimate of drug-likeness (QED) is 0.269. The molecule has 1 atom stereocenters. The van der Waals surface area contributed by atoms with Gasteiger partial charge in [-0.3, -0.25) is 9.59 Å². The largest absolute Gasteiger partial charge is 0.351 e. The molecule has 0 saturated carbocycles. The first-order valence-corrected chi connectivity index (χ1v) is 13.5. The topological polar surface area (TPSA) is 109 Å². The first-order valence-electron chi connectivity index (χ1n) is 13.1. The van der Waals surface area contributed by atoms with Crippen LogP contribution in [0.1, 0.15) is 31.4 Å². The van der Waals surface area contributed by atoms with E-state index in [4.69, 9.17) is 21.1 Å². The number of hydrogen-bond acceptors (Lipinski definition) is 5. The van der Waals surface area contributed by atoms with Gasteiger partial charge >= 0.3 is 6.03 Å². The summed E-state index contributed by atoms with van der Waals surface area (Å²) in [5.74, 6) is -0.933. The van der Waals surface area contributed by atoms with Gasteiger partial charge in [0.25, 0.3) is 5.91 Å². The lowest BCUT2D eigenvalue weighted by molar-refractivity contribution is -0.138. The predicted octanol–water partition coefficient (Wildman–Crippen LogP) is 5.44. The molecule has 1 heterocycles. The van der Waals surface area contributed by atoms with E-state index in [1.165, 1.54) is 4.90 Å². The summed E-state index contributed by atoms with van der Waals surface area (Å²) in [5, 5.41) is 8.96. The van der Waals surface area contributed by atoms with Gasteiger partial charge in [-0.25, -0.2) is 4.79 Å². The standard InChI is InChI=1S/C30H33ClN4O5/c1-4-39-27(40-5-2)19-35-25-9-7-6-8-24(25)30(28(35)37,18-26(36)32-22-16-12-21(31)13-17-22)34-29(38)33-23-14-10-20(3)11-15-23/h6-17,27H,4-5,18-19H2,1-3H3,(H,32,36)(H2,33,34,38)/t30-/m0/s1. The monoisotopic (exact) mass is 564 g/mol. The first kappa shape index (κ1) is 29.1. The molecule has 1 aliphatic rings. The van der Waals surface area contributed by atoms with E-state index < -0.39 is 29.7 Å². The van der Waals surface area contributed by atoms with Crippen molar-refractivity contribution in [1.82, 2.24) is 5.32 Å². The molecule has 4 amide bonds. The zero-order valence-electron chi connectivity index (χ0n) is 22.7. The maximum atomic E-state index is 14.3. The maximum absolute atomic E-state index is 14.3. The molecule has 0 radical (unpaired) electrons. The Bertz CT molecular complexity index is 1280. The molecule has 0 spiro atoms. The van der Waals surface area contributed by atoms with Gasteiger partial charge in [0, 0.05) is 35.2 Å². The van der Waals surface area contributed by atoms with Crippen molar-refractivity contribution in [2.75, 3.05) is 35.3 Å². The lowest BCUT2D eigenvalue weighted by Gasteiger charge is -2.30. The normalized spacial score (nSPS) is 16.1. The Morgan fingerprint density at radius 1 is 0.900 bits per heavy atom. The molecule has 40 heavy (non-hydrogen) atoms. The summed E-state index contributed by atoms with van der Waals surface area (Å²) < 4.78 is 11.4. The second-order valence-corrected chi connectivity index (χ2v) is 9.79. The summed E-state index contributed by atoms with van der Waals surface area (Å²) in [6.07, 6.45) is -1.04. The van der Waals surface area contributed by atoms with Crippen molar-refractivity contribution in [3.8, 4) is 0 Å². The van der Waals surface area contributed by atoms with Gasteiger partial charge in [-0.1, -0.05) is 47.5 Å². The van der Waals surface area contributed by atoms with Gasteiger partial charge in [-0.15, -0.1) is 0 Å². The van der Waals surface area contributed by atoms with Crippen LogP contribution in [0.2, 0.25) is 5.02 Å². The number of benzene rings is 3. The third-order valence-corrected chi connectivity index (χ3v) is 6.74. The second kappa shape index (κ2) is 13.0. The van der Waals surface area contributed by atoms with Gasteiger partial charge in [0.05, 0.1) is 18.7 Å². The fourth-order valence-electron chi connectivity index (χ4n) is 4.69. The fourth-order valence-corrected chi connectivity index (χ4v) is 4.81. The highest BCUT2D eigenvalue weighted by atomic mass is 35.5. The zero-order chi connectivity index (χ0) is 28.7. The molecule has 0 aromatic heterocycles. The molecule has 9 nitrogen and oxygen atoms in total. The molecule has 1 aliphatic heterocycles. The Hall–Kier alpha value is -3.92. The highest BCUT2D eigenvalue weighted by Crippen LogP contribution is 2.43. The third-order valence-electron chi connectivity index (χ3n) is 6.49. The van der Waals surface area contributed by atoms with Crippen LogP contribution in [-0.4, -0.2) is 43.9 Å². The number of ether oxygens (including phenoxy) is 2. The number of nitrogens with zero attached hydrogens (tertiary/aromatic N) is 1. The molecule has 210 valence electrons. The number of nitrogens with one attached hydrogen (secondary N) is 3. The van der Waals surface area contributed by atoms with Crippen molar-refractivity contribution >= 4 is 46.5 Å². The number of para-hydroxylation sites is 1. The highest BCUT2D eigenvalue weighted by molar-refractivity contribution is 6.30. The van der Waals surface area contributed by atoms with Gasteiger partial charge in [-0.2, -0.15) is 0 Å². The van der Waals surface area contributed by atoms with Crippen molar-refractivity contribution in [3.05, 3.63) is 88.9 Å². The number of halogens is 1. The van der Waals surface area contributed by atoms with Gasteiger partial charge in [0.15, 0.2) is 11.8 Å². The zero-order valence-corrected chi connectivity index (χ0v) is 23.5. The van der Waals surface area contributed by atoms with Crippen LogP contribution >= 0.6 is 11.6 Å². The Morgan fingerprint density at radius 2 is 1.50 bits per heavy atom. The molecular weight excluding hydrogens is 532 g/mol. The SMILES string of the molecule is CCOC(CN1C(=O)[C@@](CC(=O)Nc2ccc(Cl)cc2)(NC(=O)Nc2ccc(C)cc2)c2ccccc21)OCC. The summed E-state index contributed by atoms with van der Waals surface area (Å²) in [7, 11) is 0. The summed E-state index contributed by atoms with van der Waals surface area (Å²) >= 11 is 5.98. The van der Waals surface area contributed by atoms with Crippen LogP contribution in [0.5, 0.6) is 0 Å². The molecule has 0 saturated heterocycles. The third kappa shape index (κ3) is 6.62. The van der Waals surface area contributed by atoms with Crippen molar-refractivity contribution in [1.29, 1.82) is 0 Å². The van der Waals surface area contributed by atoms with Gasteiger partial charge in [0.2, 0.25) is 5.91 Å². The number of carbonyl (C=O) groups is 3. The minimum Gasteiger partial charge on any atom is -0.351 e. The molecule has 3 aromatic rings. The molecule has 3 aromatic carbocycles. The van der Waals surface area contributed by atoms with Crippen LogP contribution in [0, 0.1) is 6.92 Å². The molecule has 0 fully saturated rings. The summed E-state index contributed by atoms with van der Waals surface area (Å²) in [4.78, 5) is 42.5. The first-order chi connectivity index (χ1) is 19.3. The van der Waals surface area contributed by atoms with E-state index in [0.29, 0.717) is 40.9 Å². The van der Waals surface area contributed by atoms with E-state index in [0.717, 1.165) is 5.56 Å². The van der Waals surface area contributed by atoms with Crippen molar-refractivity contribution in [2.45, 2.75) is 39.0 Å². The lowest BCUT2D eigenvalue weighted by Crippen LogP contribution is -2.56. The van der Waals surface area contributed by atoms with E-state index >= 15 is 0 Å². The minimum atomic E-state index is -1.69. The number of amides is 4. The molecule has 10 heteroatoms. The number of carbonyl (C=O) groups excluding carboxylic acids is 3. The van der Waals surface area contributed by atoms with Gasteiger partial charge in [-0.05, 0) is 63.2 Å². The molecule has 3 N–H and O–H groups in total. The average molecular weight is 565 g/mol. The van der Waals surface area contributed by atoms with Crippen LogP contribution in [0.3, 0.4) is 0 Å². The summed E-state index contributed by atoms with van der Waals surface area (Å²) in [6, 6.07) is 20.3. The Balaban J connectivity index is 1.69. The van der Waals surface area contributed by atoms with Gasteiger partial charge < -0.3 is 30.3 Å². The highest BCUT2D eigenvalue weighted by Gasteiger charge is 2.53. The molecule has 4 rings (SSSR count). The van der Waals surface area contributed by atoms with Crippen LogP contribution < -0.4 is 20.9 Å². The number of urea groups is 1.